The molecule has 1 aliphatic rings. The number of anilines is 1. The Kier molecular flexibility index (Phi) is 7.37. The average molecular weight is 440 g/mol. The number of nitro groups is 1. The van der Waals surface area contributed by atoms with E-state index in [0.29, 0.717) is 25.1 Å². The van der Waals surface area contributed by atoms with Crippen LogP contribution in [0.2, 0.25) is 0 Å². The first-order valence-corrected chi connectivity index (χ1v) is 10.2. The third-order valence-corrected chi connectivity index (χ3v) is 5.10. The molecule has 2 atom stereocenters. The summed E-state index contributed by atoms with van der Waals surface area (Å²) in [4.78, 5) is 49.2. The molecule has 0 radical (unpaired) electrons. The van der Waals surface area contributed by atoms with Crippen LogP contribution < -0.4 is 10.6 Å². The van der Waals surface area contributed by atoms with Crippen LogP contribution in [0.1, 0.15) is 25.3 Å². The number of likely N-dealkylation sites (tertiary alicyclic amines) is 1. The number of benzene rings is 2. The van der Waals surface area contributed by atoms with E-state index in [4.69, 9.17) is 4.74 Å². The maximum absolute atomic E-state index is 12.8. The SMILES string of the molecule is C[C@@H](NC(=O)OCc1ccccc1)C(=O)N1CCC[C@@H]1C(=O)Nc1ccc([N+](=O)[O-])cc1. The number of ether oxygens (including phenoxy) is 1. The molecule has 3 amide bonds. The van der Waals surface area contributed by atoms with Crippen LogP contribution >= 0.6 is 0 Å². The van der Waals surface area contributed by atoms with Crippen molar-refractivity contribution in [2.24, 2.45) is 0 Å². The third kappa shape index (κ3) is 5.81. The van der Waals surface area contributed by atoms with Crippen LogP contribution in [-0.4, -0.2) is 46.4 Å². The Morgan fingerprint density at radius 3 is 2.50 bits per heavy atom. The number of nitro benzene ring substituents is 1. The van der Waals surface area contributed by atoms with E-state index < -0.39 is 23.1 Å². The Hall–Kier alpha value is -3.95. The van der Waals surface area contributed by atoms with Gasteiger partial charge in [-0.25, -0.2) is 4.79 Å². The van der Waals surface area contributed by atoms with Crippen molar-refractivity contribution in [2.75, 3.05) is 11.9 Å². The maximum Gasteiger partial charge on any atom is 0.408 e. The highest BCUT2D eigenvalue weighted by Gasteiger charge is 2.36. The topological polar surface area (TPSA) is 131 Å². The van der Waals surface area contributed by atoms with E-state index in [0.717, 1.165) is 5.56 Å². The first kappa shape index (κ1) is 22.7. The number of hydrogen-bond donors (Lipinski definition) is 2. The van der Waals surface area contributed by atoms with E-state index in [9.17, 15) is 24.5 Å². The van der Waals surface area contributed by atoms with E-state index in [1.165, 1.54) is 36.1 Å². The number of carbonyl (C=O) groups excluding carboxylic acids is 3. The maximum atomic E-state index is 12.8. The first-order valence-electron chi connectivity index (χ1n) is 10.2. The van der Waals surface area contributed by atoms with Crippen molar-refractivity contribution in [1.29, 1.82) is 0 Å². The van der Waals surface area contributed by atoms with Crippen LogP contribution in [0.3, 0.4) is 0 Å². The van der Waals surface area contributed by atoms with E-state index in [-0.39, 0.29) is 24.1 Å². The Morgan fingerprint density at radius 2 is 1.84 bits per heavy atom. The summed E-state index contributed by atoms with van der Waals surface area (Å²) in [6, 6.07) is 13.0. The summed E-state index contributed by atoms with van der Waals surface area (Å²) >= 11 is 0. The van der Waals surface area contributed by atoms with Crippen LogP contribution in [-0.2, 0) is 20.9 Å². The minimum Gasteiger partial charge on any atom is -0.445 e. The summed E-state index contributed by atoms with van der Waals surface area (Å²) in [6.07, 6.45) is 0.408. The Balaban J connectivity index is 1.53. The lowest BCUT2D eigenvalue weighted by Gasteiger charge is -2.27. The molecule has 1 saturated heterocycles. The highest BCUT2D eigenvalue weighted by atomic mass is 16.6. The molecule has 10 heteroatoms. The Morgan fingerprint density at radius 1 is 1.16 bits per heavy atom. The molecule has 2 N–H and O–H groups in total. The molecule has 168 valence electrons. The fraction of sp³-hybridized carbons (Fsp3) is 0.318. The van der Waals surface area contributed by atoms with Gasteiger partial charge in [-0.2, -0.15) is 0 Å². The molecule has 1 heterocycles. The predicted molar refractivity (Wildman–Crippen MR) is 116 cm³/mol. The predicted octanol–water partition coefficient (Wildman–Crippen LogP) is 2.84. The second-order valence-corrected chi connectivity index (χ2v) is 7.41. The number of amides is 3. The molecule has 32 heavy (non-hydrogen) atoms. The molecule has 0 aromatic heterocycles. The highest BCUT2D eigenvalue weighted by Crippen LogP contribution is 2.21. The minimum absolute atomic E-state index is 0.0809. The standard InChI is InChI=1S/C22H24N4O6/c1-15(23-22(29)32-14-16-6-3-2-4-7-16)21(28)25-13-5-8-19(25)20(27)24-17-9-11-18(12-10-17)26(30)31/h2-4,6-7,9-12,15,19H,5,8,13-14H2,1H3,(H,23,29)(H,24,27)/t15-,19-/m1/s1. The summed E-state index contributed by atoms with van der Waals surface area (Å²) < 4.78 is 5.14. The molecule has 0 saturated carbocycles. The van der Waals surface area contributed by atoms with E-state index in [1.54, 1.807) is 0 Å². The van der Waals surface area contributed by atoms with Gasteiger partial charge in [0.15, 0.2) is 0 Å². The molecule has 1 fully saturated rings. The van der Waals surface area contributed by atoms with Crippen LogP contribution in [0.25, 0.3) is 0 Å². The van der Waals surface area contributed by atoms with Gasteiger partial charge in [0, 0.05) is 24.4 Å². The third-order valence-electron chi connectivity index (χ3n) is 5.10. The van der Waals surface area contributed by atoms with Crippen molar-refractivity contribution in [3.8, 4) is 0 Å². The van der Waals surface area contributed by atoms with Crippen molar-refractivity contribution < 1.29 is 24.0 Å². The van der Waals surface area contributed by atoms with Gasteiger partial charge in [0.05, 0.1) is 4.92 Å². The van der Waals surface area contributed by atoms with E-state index in [1.807, 2.05) is 30.3 Å². The van der Waals surface area contributed by atoms with Gasteiger partial charge in [-0.15, -0.1) is 0 Å². The van der Waals surface area contributed by atoms with Crippen LogP contribution in [0, 0.1) is 10.1 Å². The van der Waals surface area contributed by atoms with Crippen molar-refractivity contribution in [3.05, 3.63) is 70.3 Å². The molecule has 0 bridgehead atoms. The molecular formula is C22H24N4O6. The lowest BCUT2D eigenvalue weighted by Crippen LogP contribution is -2.51. The fourth-order valence-corrected chi connectivity index (χ4v) is 3.45. The number of alkyl carbamates (subject to hydrolysis) is 1. The Labute approximate surface area is 184 Å². The molecule has 3 rings (SSSR count). The van der Waals surface area contributed by atoms with Crippen LogP contribution in [0.5, 0.6) is 0 Å². The molecule has 2 aromatic rings. The Bertz CT molecular complexity index is 980. The number of non-ortho nitro benzene ring substituents is 1. The average Bonchev–Trinajstić information content (AvgIpc) is 3.28. The quantitative estimate of drug-likeness (QED) is 0.503. The molecule has 10 nitrogen and oxygen atoms in total. The zero-order chi connectivity index (χ0) is 23.1. The number of nitrogens with one attached hydrogen (secondary N) is 2. The van der Waals surface area contributed by atoms with Gasteiger partial charge in [0.1, 0.15) is 18.7 Å². The van der Waals surface area contributed by atoms with Gasteiger partial charge in [0.2, 0.25) is 11.8 Å². The lowest BCUT2D eigenvalue weighted by molar-refractivity contribution is -0.384. The largest absolute Gasteiger partial charge is 0.445 e. The zero-order valence-corrected chi connectivity index (χ0v) is 17.5. The van der Waals surface area contributed by atoms with Gasteiger partial charge < -0.3 is 20.3 Å². The second-order valence-electron chi connectivity index (χ2n) is 7.41. The number of nitrogens with zero attached hydrogens (tertiary/aromatic N) is 2. The molecule has 0 unspecified atom stereocenters. The van der Waals surface area contributed by atoms with Crippen molar-refractivity contribution >= 4 is 29.3 Å². The van der Waals surface area contributed by atoms with Gasteiger partial charge in [-0.3, -0.25) is 19.7 Å². The molecule has 0 aliphatic carbocycles. The number of carbonyl (C=O) groups is 3. The van der Waals surface area contributed by atoms with Gasteiger partial charge >= 0.3 is 6.09 Å². The van der Waals surface area contributed by atoms with Crippen molar-refractivity contribution in [1.82, 2.24) is 10.2 Å². The van der Waals surface area contributed by atoms with Crippen molar-refractivity contribution in [2.45, 2.75) is 38.5 Å². The number of rotatable bonds is 7. The van der Waals surface area contributed by atoms with E-state index >= 15 is 0 Å². The lowest BCUT2D eigenvalue weighted by atomic mass is 10.1. The smallest absolute Gasteiger partial charge is 0.408 e. The van der Waals surface area contributed by atoms with Gasteiger partial charge in [-0.05, 0) is 37.5 Å². The summed E-state index contributed by atoms with van der Waals surface area (Å²) in [5, 5.41) is 15.9. The van der Waals surface area contributed by atoms with E-state index in [2.05, 4.69) is 10.6 Å². The summed E-state index contributed by atoms with van der Waals surface area (Å²) in [5.74, 6) is -0.772. The summed E-state index contributed by atoms with van der Waals surface area (Å²) in [7, 11) is 0. The van der Waals surface area contributed by atoms with Gasteiger partial charge in [-0.1, -0.05) is 30.3 Å². The highest BCUT2D eigenvalue weighted by molar-refractivity contribution is 5.98. The fourth-order valence-electron chi connectivity index (χ4n) is 3.45. The molecular weight excluding hydrogens is 416 g/mol. The monoisotopic (exact) mass is 440 g/mol. The zero-order valence-electron chi connectivity index (χ0n) is 17.5. The molecule has 2 aromatic carbocycles. The minimum atomic E-state index is -0.869. The summed E-state index contributed by atoms with van der Waals surface area (Å²) in [5.41, 5.74) is 1.14. The number of hydrogen-bond acceptors (Lipinski definition) is 6. The first-order chi connectivity index (χ1) is 15.3. The van der Waals surface area contributed by atoms with Crippen LogP contribution in [0.4, 0.5) is 16.2 Å². The van der Waals surface area contributed by atoms with Crippen LogP contribution in [0.15, 0.2) is 54.6 Å². The second kappa shape index (κ2) is 10.4. The normalized spacial score (nSPS) is 16.2. The van der Waals surface area contributed by atoms with Gasteiger partial charge in [0.25, 0.3) is 5.69 Å². The molecule has 1 aliphatic heterocycles. The summed E-state index contributed by atoms with van der Waals surface area (Å²) in [6.45, 7) is 2.01. The molecule has 0 spiro atoms. The van der Waals surface area contributed by atoms with Crippen molar-refractivity contribution in [3.63, 3.8) is 0 Å².